The van der Waals surface area contributed by atoms with E-state index in [0.29, 0.717) is 12.1 Å². The summed E-state index contributed by atoms with van der Waals surface area (Å²) in [5.41, 5.74) is 0. The standard InChI is InChI=1S/C6H13NO/c1-3-5(7-2)6-4-8-6/h5-7H,3-4H2,1-2H3. The first-order valence-corrected chi connectivity index (χ1v) is 3.17. The van der Waals surface area contributed by atoms with Gasteiger partial charge in [0.15, 0.2) is 0 Å². The summed E-state index contributed by atoms with van der Waals surface area (Å²) in [6.07, 6.45) is 1.69. The highest BCUT2D eigenvalue weighted by Gasteiger charge is 2.29. The lowest BCUT2D eigenvalue weighted by Crippen LogP contribution is -2.29. The molecule has 0 saturated carbocycles. The van der Waals surface area contributed by atoms with Crippen molar-refractivity contribution in [2.24, 2.45) is 0 Å². The number of hydrogen-bond donors (Lipinski definition) is 1. The van der Waals surface area contributed by atoms with Gasteiger partial charge in [-0.25, -0.2) is 0 Å². The molecule has 0 spiro atoms. The highest BCUT2D eigenvalue weighted by atomic mass is 16.6. The van der Waals surface area contributed by atoms with Crippen molar-refractivity contribution in [3.63, 3.8) is 0 Å². The summed E-state index contributed by atoms with van der Waals surface area (Å²) in [5, 5.41) is 3.19. The van der Waals surface area contributed by atoms with Crippen LogP contribution in [0.1, 0.15) is 13.3 Å². The molecule has 1 heterocycles. The van der Waals surface area contributed by atoms with E-state index < -0.39 is 0 Å². The van der Waals surface area contributed by atoms with Gasteiger partial charge in [-0.3, -0.25) is 0 Å². The summed E-state index contributed by atoms with van der Waals surface area (Å²) in [6.45, 7) is 3.13. The molecule has 1 fully saturated rings. The van der Waals surface area contributed by atoms with E-state index in [1.807, 2.05) is 7.05 Å². The van der Waals surface area contributed by atoms with Crippen LogP contribution in [0.4, 0.5) is 0 Å². The van der Waals surface area contributed by atoms with E-state index in [9.17, 15) is 0 Å². The Morgan fingerprint density at radius 3 is 2.62 bits per heavy atom. The van der Waals surface area contributed by atoms with E-state index in [4.69, 9.17) is 4.74 Å². The molecule has 0 amide bonds. The van der Waals surface area contributed by atoms with Crippen LogP contribution in [0.15, 0.2) is 0 Å². The lowest BCUT2D eigenvalue weighted by atomic mass is 10.2. The van der Waals surface area contributed by atoms with E-state index in [1.54, 1.807) is 0 Å². The Kier molecular flexibility index (Phi) is 1.86. The number of epoxide rings is 1. The molecule has 8 heavy (non-hydrogen) atoms. The van der Waals surface area contributed by atoms with E-state index in [-0.39, 0.29) is 0 Å². The van der Waals surface area contributed by atoms with Gasteiger partial charge in [0.05, 0.1) is 12.7 Å². The number of hydrogen-bond acceptors (Lipinski definition) is 2. The highest BCUT2D eigenvalue weighted by molar-refractivity contribution is 4.82. The average Bonchev–Trinajstić information content (AvgIpc) is 2.53. The Labute approximate surface area is 50.2 Å². The van der Waals surface area contributed by atoms with Gasteiger partial charge in [-0.15, -0.1) is 0 Å². The van der Waals surface area contributed by atoms with Gasteiger partial charge in [-0.1, -0.05) is 6.92 Å². The van der Waals surface area contributed by atoms with Crippen molar-refractivity contribution in [3.05, 3.63) is 0 Å². The van der Waals surface area contributed by atoms with Crippen molar-refractivity contribution < 1.29 is 4.74 Å². The van der Waals surface area contributed by atoms with Gasteiger partial charge in [-0.2, -0.15) is 0 Å². The van der Waals surface area contributed by atoms with Crippen LogP contribution in [0.25, 0.3) is 0 Å². The van der Waals surface area contributed by atoms with Gasteiger partial charge in [0.2, 0.25) is 0 Å². The second kappa shape index (κ2) is 2.46. The van der Waals surface area contributed by atoms with Crippen molar-refractivity contribution in [3.8, 4) is 0 Å². The lowest BCUT2D eigenvalue weighted by Gasteiger charge is -2.07. The molecule has 1 N–H and O–H groups in total. The van der Waals surface area contributed by atoms with Crippen molar-refractivity contribution >= 4 is 0 Å². The Bertz CT molecular complexity index is 66.9. The zero-order valence-corrected chi connectivity index (χ0v) is 5.48. The summed E-state index contributed by atoms with van der Waals surface area (Å²) in [4.78, 5) is 0. The first kappa shape index (κ1) is 6.05. The summed E-state index contributed by atoms with van der Waals surface area (Å²) < 4.78 is 5.09. The molecule has 2 heteroatoms. The zero-order valence-electron chi connectivity index (χ0n) is 5.48. The molecule has 2 unspecified atom stereocenters. The second-order valence-electron chi connectivity index (χ2n) is 2.18. The number of nitrogens with one attached hydrogen (secondary N) is 1. The molecule has 0 aliphatic carbocycles. The Hall–Kier alpha value is -0.0800. The summed E-state index contributed by atoms with van der Waals surface area (Å²) >= 11 is 0. The molecule has 48 valence electrons. The monoisotopic (exact) mass is 115 g/mol. The van der Waals surface area contributed by atoms with Crippen molar-refractivity contribution in [2.75, 3.05) is 13.7 Å². The number of likely N-dealkylation sites (N-methyl/N-ethyl adjacent to an activating group) is 1. The van der Waals surface area contributed by atoms with Crippen molar-refractivity contribution in [2.45, 2.75) is 25.5 Å². The van der Waals surface area contributed by atoms with E-state index in [0.717, 1.165) is 6.61 Å². The van der Waals surface area contributed by atoms with Gasteiger partial charge in [-0.05, 0) is 13.5 Å². The number of ether oxygens (including phenoxy) is 1. The fourth-order valence-electron chi connectivity index (χ4n) is 0.941. The molecule has 1 saturated heterocycles. The summed E-state index contributed by atoms with van der Waals surface area (Å²) in [5.74, 6) is 0. The maximum absolute atomic E-state index is 5.09. The second-order valence-corrected chi connectivity index (χ2v) is 2.18. The third-order valence-electron chi connectivity index (χ3n) is 1.62. The van der Waals surface area contributed by atoms with Crippen molar-refractivity contribution in [1.82, 2.24) is 5.32 Å². The van der Waals surface area contributed by atoms with E-state index >= 15 is 0 Å². The van der Waals surface area contributed by atoms with Gasteiger partial charge >= 0.3 is 0 Å². The molecule has 2 atom stereocenters. The van der Waals surface area contributed by atoms with Crippen LogP contribution in [0, 0.1) is 0 Å². The molecule has 1 rings (SSSR count). The number of rotatable bonds is 3. The smallest absolute Gasteiger partial charge is 0.0962 e. The summed E-state index contributed by atoms with van der Waals surface area (Å²) in [6, 6.07) is 0.593. The van der Waals surface area contributed by atoms with Crippen LogP contribution in [0.3, 0.4) is 0 Å². The third-order valence-corrected chi connectivity index (χ3v) is 1.62. The van der Waals surface area contributed by atoms with Crippen LogP contribution < -0.4 is 5.32 Å². The average molecular weight is 115 g/mol. The lowest BCUT2D eigenvalue weighted by molar-refractivity contribution is 0.345. The Balaban J connectivity index is 2.15. The first-order chi connectivity index (χ1) is 3.88. The molecule has 0 aromatic heterocycles. The fourth-order valence-corrected chi connectivity index (χ4v) is 0.941. The molecule has 2 nitrogen and oxygen atoms in total. The van der Waals surface area contributed by atoms with Gasteiger partial charge in [0.25, 0.3) is 0 Å². The van der Waals surface area contributed by atoms with Crippen LogP contribution in [0.2, 0.25) is 0 Å². The Morgan fingerprint density at radius 2 is 2.50 bits per heavy atom. The fraction of sp³-hybridized carbons (Fsp3) is 1.00. The molecule has 0 bridgehead atoms. The Morgan fingerprint density at radius 1 is 1.88 bits per heavy atom. The predicted molar refractivity (Wildman–Crippen MR) is 32.9 cm³/mol. The van der Waals surface area contributed by atoms with Crippen LogP contribution in [0.5, 0.6) is 0 Å². The van der Waals surface area contributed by atoms with Crippen LogP contribution >= 0.6 is 0 Å². The van der Waals surface area contributed by atoms with Gasteiger partial charge < -0.3 is 10.1 Å². The van der Waals surface area contributed by atoms with E-state index in [2.05, 4.69) is 12.2 Å². The minimum Gasteiger partial charge on any atom is -0.371 e. The minimum atomic E-state index is 0.519. The zero-order chi connectivity index (χ0) is 5.98. The SMILES string of the molecule is CCC(NC)C1CO1. The maximum atomic E-state index is 5.09. The molecule has 0 aromatic carbocycles. The third kappa shape index (κ3) is 1.20. The largest absolute Gasteiger partial charge is 0.371 e. The highest BCUT2D eigenvalue weighted by Crippen LogP contribution is 2.15. The first-order valence-electron chi connectivity index (χ1n) is 3.17. The van der Waals surface area contributed by atoms with Crippen LogP contribution in [-0.4, -0.2) is 25.8 Å². The van der Waals surface area contributed by atoms with Gasteiger partial charge in [0, 0.05) is 6.04 Å². The molecule has 0 radical (unpaired) electrons. The topological polar surface area (TPSA) is 24.6 Å². The molecular formula is C6H13NO. The molecular weight excluding hydrogens is 102 g/mol. The predicted octanol–water partition coefficient (Wildman–Crippen LogP) is 0.383. The molecule has 1 aliphatic rings. The minimum absolute atomic E-state index is 0.519. The molecule has 1 aliphatic heterocycles. The normalized spacial score (nSPS) is 30.0. The van der Waals surface area contributed by atoms with E-state index in [1.165, 1.54) is 6.42 Å². The van der Waals surface area contributed by atoms with Crippen molar-refractivity contribution in [1.29, 1.82) is 0 Å². The van der Waals surface area contributed by atoms with Crippen LogP contribution in [-0.2, 0) is 4.74 Å². The molecule has 0 aromatic rings. The quantitative estimate of drug-likeness (QED) is 0.538. The summed E-state index contributed by atoms with van der Waals surface area (Å²) in [7, 11) is 1.98. The maximum Gasteiger partial charge on any atom is 0.0962 e. The van der Waals surface area contributed by atoms with Gasteiger partial charge in [0.1, 0.15) is 0 Å².